The van der Waals surface area contributed by atoms with Crippen molar-refractivity contribution < 1.29 is 22.8 Å². The first kappa shape index (κ1) is 25.4. The Labute approximate surface area is 193 Å². The molecule has 0 spiro atoms. The van der Waals surface area contributed by atoms with Crippen LogP contribution in [0.5, 0.6) is 0 Å². The highest BCUT2D eigenvalue weighted by molar-refractivity contribution is 7.92. The third-order valence-electron chi connectivity index (χ3n) is 7.55. The maximum absolute atomic E-state index is 13.0. The van der Waals surface area contributed by atoms with Gasteiger partial charge in [0.05, 0.1) is 5.25 Å². The van der Waals surface area contributed by atoms with Gasteiger partial charge in [-0.05, 0) is 71.1 Å². The lowest BCUT2D eigenvalue weighted by molar-refractivity contribution is -0.151. The molecule has 2 atom stereocenters. The first-order chi connectivity index (χ1) is 15.2. The average molecular weight is 472 g/mol. The van der Waals surface area contributed by atoms with Crippen molar-refractivity contribution in [1.82, 2.24) is 15.7 Å². The highest BCUT2D eigenvalue weighted by atomic mass is 32.2. The molecule has 2 aliphatic carbocycles. The van der Waals surface area contributed by atoms with Gasteiger partial charge in [-0.25, -0.2) is 8.42 Å². The molecule has 1 aliphatic heterocycles. The van der Waals surface area contributed by atoms with Gasteiger partial charge in [0.2, 0.25) is 11.8 Å². The van der Waals surface area contributed by atoms with Gasteiger partial charge in [0.25, 0.3) is 0 Å². The van der Waals surface area contributed by atoms with Crippen LogP contribution >= 0.6 is 0 Å². The number of nitrogens with zero attached hydrogens (tertiary/aromatic N) is 1. The summed E-state index contributed by atoms with van der Waals surface area (Å²) in [6, 6.07) is 0.377. The van der Waals surface area contributed by atoms with Crippen molar-refractivity contribution in [3.05, 3.63) is 0 Å². The lowest BCUT2D eigenvalue weighted by atomic mass is 9.84. The summed E-state index contributed by atoms with van der Waals surface area (Å²) in [6.07, 6.45) is 7.27. The molecule has 3 rings (SSSR count). The van der Waals surface area contributed by atoms with E-state index in [1.807, 2.05) is 18.7 Å². The van der Waals surface area contributed by atoms with Crippen LogP contribution in [-0.4, -0.2) is 61.0 Å². The summed E-state index contributed by atoms with van der Waals surface area (Å²) in [7, 11) is -2.97. The number of carbonyl (C=O) groups is 2. The number of amides is 2. The molecule has 0 aromatic carbocycles. The Kier molecular flexibility index (Phi) is 8.97. The molecule has 8 nitrogen and oxygen atoms in total. The van der Waals surface area contributed by atoms with Gasteiger partial charge in [-0.2, -0.15) is 5.48 Å². The summed E-state index contributed by atoms with van der Waals surface area (Å²) in [5.41, 5.74) is 2.95. The molecule has 0 aromatic heterocycles. The van der Waals surface area contributed by atoms with Gasteiger partial charge in [0.15, 0.2) is 16.1 Å². The smallest absolute Gasteiger partial charge is 0.227 e. The van der Waals surface area contributed by atoms with Crippen LogP contribution in [0.25, 0.3) is 0 Å². The molecule has 2 unspecified atom stereocenters. The van der Waals surface area contributed by atoms with Crippen LogP contribution < -0.4 is 10.8 Å². The number of hydrogen-bond acceptors (Lipinski definition) is 6. The second-order valence-corrected chi connectivity index (χ2v) is 12.4. The Bertz CT molecular complexity index is 743. The molecule has 0 radical (unpaired) electrons. The van der Waals surface area contributed by atoms with E-state index in [1.54, 1.807) is 6.92 Å². The molecule has 1 saturated heterocycles. The molecular formula is C23H41N3O5S. The summed E-state index contributed by atoms with van der Waals surface area (Å²) in [5, 5.41) is 2.94. The molecule has 1 heterocycles. The topological polar surface area (TPSA) is 105 Å². The SMILES string of the molecule is CCN(C(=O)C1CCC(NC(=O)CC2CCC(S(=O)(=O)CC)CC2)CC1)C1CC(C)NO1. The third kappa shape index (κ3) is 6.44. The first-order valence-corrected chi connectivity index (χ1v) is 14.2. The monoisotopic (exact) mass is 471 g/mol. The molecule has 0 aromatic rings. The van der Waals surface area contributed by atoms with Crippen LogP contribution in [0.4, 0.5) is 0 Å². The number of sulfone groups is 1. The largest absolute Gasteiger partial charge is 0.353 e. The van der Waals surface area contributed by atoms with E-state index < -0.39 is 9.84 Å². The van der Waals surface area contributed by atoms with E-state index in [4.69, 9.17) is 4.84 Å². The van der Waals surface area contributed by atoms with E-state index in [0.717, 1.165) is 44.9 Å². The minimum absolute atomic E-state index is 0.00148. The van der Waals surface area contributed by atoms with Gasteiger partial charge in [0.1, 0.15) is 0 Å². The Hall–Kier alpha value is -1.19. The lowest BCUT2D eigenvalue weighted by Gasteiger charge is -2.34. The summed E-state index contributed by atoms with van der Waals surface area (Å²) >= 11 is 0. The van der Waals surface area contributed by atoms with Gasteiger partial charge in [-0.3, -0.25) is 14.4 Å². The fraction of sp³-hybridized carbons (Fsp3) is 0.913. The summed E-state index contributed by atoms with van der Waals surface area (Å²) in [5.74, 6) is 0.705. The Morgan fingerprint density at radius 3 is 2.22 bits per heavy atom. The first-order valence-electron chi connectivity index (χ1n) is 12.5. The number of rotatable bonds is 8. The van der Waals surface area contributed by atoms with Gasteiger partial charge in [0, 0.05) is 43.1 Å². The summed E-state index contributed by atoms with van der Waals surface area (Å²) in [4.78, 5) is 33.0. The molecule has 2 amide bonds. The van der Waals surface area contributed by atoms with E-state index >= 15 is 0 Å². The molecule has 9 heteroatoms. The number of carbonyl (C=O) groups excluding carboxylic acids is 2. The predicted octanol–water partition coefficient (Wildman–Crippen LogP) is 2.53. The third-order valence-corrected chi connectivity index (χ3v) is 9.84. The zero-order valence-corrected chi connectivity index (χ0v) is 20.7. The van der Waals surface area contributed by atoms with E-state index in [1.165, 1.54) is 0 Å². The van der Waals surface area contributed by atoms with Crippen LogP contribution in [0.2, 0.25) is 0 Å². The fourth-order valence-corrected chi connectivity index (χ4v) is 6.95. The summed E-state index contributed by atoms with van der Waals surface area (Å²) < 4.78 is 24.1. The normalized spacial score (nSPS) is 33.6. The second kappa shape index (κ2) is 11.3. The Balaban J connectivity index is 1.38. The second-order valence-electron chi connectivity index (χ2n) is 9.87. The van der Waals surface area contributed by atoms with E-state index in [-0.39, 0.29) is 53.0 Å². The van der Waals surface area contributed by atoms with Crippen LogP contribution in [-0.2, 0) is 24.3 Å². The van der Waals surface area contributed by atoms with Crippen molar-refractivity contribution in [3.8, 4) is 0 Å². The predicted molar refractivity (Wildman–Crippen MR) is 123 cm³/mol. The van der Waals surface area contributed by atoms with Gasteiger partial charge in [-0.15, -0.1) is 0 Å². The number of nitrogens with one attached hydrogen (secondary N) is 2. The van der Waals surface area contributed by atoms with E-state index in [9.17, 15) is 18.0 Å². The number of hydroxylamine groups is 1. The van der Waals surface area contributed by atoms with Crippen LogP contribution in [0.1, 0.15) is 85.0 Å². The van der Waals surface area contributed by atoms with Gasteiger partial charge < -0.3 is 10.2 Å². The molecule has 32 heavy (non-hydrogen) atoms. The van der Waals surface area contributed by atoms with Crippen molar-refractivity contribution in [2.24, 2.45) is 11.8 Å². The Morgan fingerprint density at radius 2 is 1.69 bits per heavy atom. The Morgan fingerprint density at radius 1 is 1.03 bits per heavy atom. The summed E-state index contributed by atoms with van der Waals surface area (Å²) in [6.45, 7) is 6.37. The van der Waals surface area contributed by atoms with Gasteiger partial charge in [-0.1, -0.05) is 6.92 Å². The van der Waals surface area contributed by atoms with Gasteiger partial charge >= 0.3 is 0 Å². The maximum Gasteiger partial charge on any atom is 0.227 e. The molecule has 184 valence electrons. The van der Waals surface area contributed by atoms with Crippen LogP contribution in [0.15, 0.2) is 0 Å². The molecule has 3 aliphatic rings. The maximum atomic E-state index is 13.0. The van der Waals surface area contributed by atoms with E-state index in [0.29, 0.717) is 25.8 Å². The highest BCUT2D eigenvalue weighted by Crippen LogP contribution is 2.32. The quantitative estimate of drug-likeness (QED) is 0.564. The minimum Gasteiger partial charge on any atom is -0.353 e. The molecule has 2 N–H and O–H groups in total. The van der Waals surface area contributed by atoms with E-state index in [2.05, 4.69) is 10.8 Å². The van der Waals surface area contributed by atoms with Crippen molar-refractivity contribution in [3.63, 3.8) is 0 Å². The lowest BCUT2D eigenvalue weighted by Crippen LogP contribution is -2.46. The minimum atomic E-state index is -2.97. The van der Waals surface area contributed by atoms with Crippen molar-refractivity contribution in [2.75, 3.05) is 12.3 Å². The molecule has 3 fully saturated rings. The van der Waals surface area contributed by atoms with Crippen molar-refractivity contribution in [2.45, 2.75) is 109 Å². The van der Waals surface area contributed by atoms with Crippen molar-refractivity contribution >= 4 is 21.7 Å². The van der Waals surface area contributed by atoms with Crippen LogP contribution in [0.3, 0.4) is 0 Å². The zero-order chi connectivity index (χ0) is 23.3. The van der Waals surface area contributed by atoms with Crippen LogP contribution in [0, 0.1) is 11.8 Å². The zero-order valence-electron chi connectivity index (χ0n) is 19.8. The molecular weight excluding hydrogens is 430 g/mol. The number of hydrogen-bond donors (Lipinski definition) is 2. The molecule has 0 bridgehead atoms. The van der Waals surface area contributed by atoms with Crippen molar-refractivity contribution in [1.29, 1.82) is 0 Å². The average Bonchev–Trinajstić information content (AvgIpc) is 3.20. The highest BCUT2D eigenvalue weighted by Gasteiger charge is 2.36. The molecule has 2 saturated carbocycles. The fourth-order valence-electron chi connectivity index (χ4n) is 5.48. The standard InChI is InChI=1S/C23H41N3O5S/c1-4-26(22-14-16(3)25-31-22)23(28)18-8-10-19(11-9-18)24-21(27)15-17-6-12-20(13-7-17)32(29,30)5-2/h16-20,22,25H,4-15H2,1-3H3,(H,24,27).